The van der Waals surface area contributed by atoms with Crippen molar-refractivity contribution in [2.24, 2.45) is 0 Å². The molecule has 30 heavy (non-hydrogen) atoms. The number of nitriles is 1. The van der Waals surface area contributed by atoms with E-state index in [0.717, 1.165) is 22.0 Å². The Morgan fingerprint density at radius 1 is 1.13 bits per heavy atom. The van der Waals surface area contributed by atoms with E-state index in [1.807, 2.05) is 41.1 Å². The molecule has 0 unspecified atom stereocenters. The first kappa shape index (κ1) is 19.2. The molecule has 1 N–H and O–H groups in total. The van der Waals surface area contributed by atoms with Crippen LogP contribution in [0.3, 0.4) is 0 Å². The third-order valence-corrected chi connectivity index (χ3v) is 4.75. The number of halogens is 1. The van der Waals surface area contributed by atoms with Crippen molar-refractivity contribution in [2.75, 3.05) is 0 Å². The van der Waals surface area contributed by atoms with Crippen LogP contribution in [0.4, 0.5) is 4.39 Å². The first-order valence-corrected chi connectivity index (χ1v) is 9.39. The lowest BCUT2D eigenvalue weighted by Gasteiger charge is -2.05. The minimum atomic E-state index is -0.468. The Bertz CT molecular complexity index is 1250. The molecule has 2 heterocycles. The number of aromatic nitrogens is 1. The van der Waals surface area contributed by atoms with Crippen molar-refractivity contribution in [1.82, 2.24) is 9.88 Å². The third kappa shape index (κ3) is 4.15. The number of para-hydroxylation sites is 1. The maximum Gasteiger partial charge on any atom is 0.262 e. The summed E-state index contributed by atoms with van der Waals surface area (Å²) in [5.41, 5.74) is 2.68. The fourth-order valence-electron chi connectivity index (χ4n) is 3.29. The third-order valence-electron chi connectivity index (χ3n) is 4.75. The maximum atomic E-state index is 13.2. The number of hydrogen-bond acceptors (Lipinski definition) is 3. The molecule has 2 aromatic carbocycles. The molecule has 5 nitrogen and oxygen atoms in total. The lowest BCUT2D eigenvalue weighted by Crippen LogP contribution is -2.23. The zero-order chi connectivity index (χ0) is 20.9. The van der Waals surface area contributed by atoms with E-state index in [0.29, 0.717) is 12.3 Å². The molecule has 0 radical (unpaired) electrons. The van der Waals surface area contributed by atoms with Crippen molar-refractivity contribution in [3.63, 3.8) is 0 Å². The highest BCUT2D eigenvalue weighted by molar-refractivity contribution is 6.04. The van der Waals surface area contributed by atoms with Crippen molar-refractivity contribution in [3.8, 4) is 6.07 Å². The highest BCUT2D eigenvalue weighted by atomic mass is 19.1. The number of nitrogens with zero attached hydrogens (tertiary/aromatic N) is 2. The Morgan fingerprint density at radius 2 is 1.93 bits per heavy atom. The Balaban J connectivity index is 1.63. The molecule has 0 bridgehead atoms. The lowest BCUT2D eigenvalue weighted by molar-refractivity contribution is -0.117. The Kier molecular flexibility index (Phi) is 5.44. The molecule has 148 valence electrons. The molecule has 0 aliphatic carbocycles. The second-order valence-corrected chi connectivity index (χ2v) is 6.79. The van der Waals surface area contributed by atoms with Gasteiger partial charge in [-0.3, -0.25) is 4.79 Å². The average Bonchev–Trinajstić information content (AvgIpc) is 3.40. The number of carbonyl (C=O) groups excluding carboxylic acids is 1. The van der Waals surface area contributed by atoms with Gasteiger partial charge in [0.05, 0.1) is 12.8 Å². The molecule has 4 rings (SSSR count). The SMILES string of the molecule is N#C/C(=C\c1cn(Cc2ccc(F)cc2)c2ccccc12)C(=O)NCc1ccco1. The van der Waals surface area contributed by atoms with Crippen molar-refractivity contribution in [3.05, 3.63) is 101 Å². The van der Waals surface area contributed by atoms with Crippen LogP contribution in [-0.4, -0.2) is 10.5 Å². The molecule has 0 aliphatic heterocycles. The molecule has 1 amide bonds. The van der Waals surface area contributed by atoms with Crippen LogP contribution >= 0.6 is 0 Å². The van der Waals surface area contributed by atoms with Gasteiger partial charge in [-0.05, 0) is 42.0 Å². The van der Waals surface area contributed by atoms with Crippen molar-refractivity contribution in [1.29, 1.82) is 5.26 Å². The maximum absolute atomic E-state index is 13.2. The molecule has 0 saturated heterocycles. The topological polar surface area (TPSA) is 71.0 Å². The molecule has 0 spiro atoms. The predicted molar refractivity (Wildman–Crippen MR) is 112 cm³/mol. The van der Waals surface area contributed by atoms with Crippen LogP contribution in [-0.2, 0) is 17.9 Å². The highest BCUT2D eigenvalue weighted by Crippen LogP contribution is 2.24. The number of benzene rings is 2. The first-order valence-electron chi connectivity index (χ1n) is 9.39. The largest absolute Gasteiger partial charge is 0.467 e. The van der Waals surface area contributed by atoms with Gasteiger partial charge in [0.2, 0.25) is 0 Å². The molecular formula is C24H18FN3O2. The van der Waals surface area contributed by atoms with E-state index in [4.69, 9.17) is 4.42 Å². The van der Waals surface area contributed by atoms with Gasteiger partial charge >= 0.3 is 0 Å². The zero-order valence-electron chi connectivity index (χ0n) is 16.0. The predicted octanol–water partition coefficient (Wildman–Crippen LogP) is 4.65. The van der Waals surface area contributed by atoms with Gasteiger partial charge in [0.1, 0.15) is 23.2 Å². The van der Waals surface area contributed by atoms with E-state index < -0.39 is 5.91 Å². The van der Waals surface area contributed by atoms with Crippen molar-refractivity contribution >= 4 is 22.9 Å². The van der Waals surface area contributed by atoms with Crippen LogP contribution in [0.1, 0.15) is 16.9 Å². The number of fused-ring (bicyclic) bond motifs is 1. The normalized spacial score (nSPS) is 11.4. The summed E-state index contributed by atoms with van der Waals surface area (Å²) < 4.78 is 20.4. The molecule has 2 aromatic heterocycles. The monoisotopic (exact) mass is 399 g/mol. The van der Waals surface area contributed by atoms with Crippen molar-refractivity contribution in [2.45, 2.75) is 13.1 Å². The summed E-state index contributed by atoms with van der Waals surface area (Å²) in [6, 6.07) is 19.5. The zero-order valence-corrected chi connectivity index (χ0v) is 16.0. The van der Waals surface area contributed by atoms with E-state index in [-0.39, 0.29) is 17.9 Å². The first-order chi connectivity index (χ1) is 14.6. The molecular weight excluding hydrogens is 381 g/mol. The molecule has 0 atom stereocenters. The van der Waals surface area contributed by atoms with Gasteiger partial charge in [-0.2, -0.15) is 5.26 Å². The second kappa shape index (κ2) is 8.50. The Morgan fingerprint density at radius 3 is 2.67 bits per heavy atom. The molecule has 4 aromatic rings. The van der Waals surface area contributed by atoms with Crippen LogP contribution in [0.5, 0.6) is 0 Å². The summed E-state index contributed by atoms with van der Waals surface area (Å²) in [7, 11) is 0. The summed E-state index contributed by atoms with van der Waals surface area (Å²) in [5.74, 6) is -0.139. The van der Waals surface area contributed by atoms with E-state index in [1.54, 1.807) is 30.3 Å². The van der Waals surface area contributed by atoms with E-state index >= 15 is 0 Å². The van der Waals surface area contributed by atoms with Crippen LogP contribution in [0, 0.1) is 17.1 Å². The number of furan rings is 1. The fourth-order valence-corrected chi connectivity index (χ4v) is 3.29. The molecule has 0 fully saturated rings. The number of nitrogens with one attached hydrogen (secondary N) is 1. The minimum Gasteiger partial charge on any atom is -0.467 e. The molecule has 0 saturated carbocycles. The van der Waals surface area contributed by atoms with E-state index in [1.165, 1.54) is 18.4 Å². The Labute approximate surface area is 172 Å². The average molecular weight is 399 g/mol. The highest BCUT2D eigenvalue weighted by Gasteiger charge is 2.13. The van der Waals surface area contributed by atoms with Crippen LogP contribution in [0.15, 0.2) is 83.1 Å². The standard InChI is InChI=1S/C24H18FN3O2/c25-20-9-7-17(8-10-20)15-28-16-19(22-5-1-2-6-23(22)28)12-18(13-26)24(29)27-14-21-4-3-11-30-21/h1-12,16H,14-15H2,(H,27,29)/b18-12+. The van der Waals surface area contributed by atoms with Gasteiger partial charge in [0, 0.05) is 29.2 Å². The Hall–Kier alpha value is -4.11. The van der Waals surface area contributed by atoms with Crippen LogP contribution < -0.4 is 5.32 Å². The summed E-state index contributed by atoms with van der Waals surface area (Å²) >= 11 is 0. The summed E-state index contributed by atoms with van der Waals surface area (Å²) in [6.07, 6.45) is 5.00. The smallest absolute Gasteiger partial charge is 0.262 e. The van der Waals surface area contributed by atoms with Gasteiger partial charge in [-0.15, -0.1) is 0 Å². The number of amides is 1. The van der Waals surface area contributed by atoms with Gasteiger partial charge < -0.3 is 14.3 Å². The molecule has 0 aliphatic rings. The number of hydrogen-bond donors (Lipinski definition) is 1. The number of carbonyl (C=O) groups is 1. The van der Waals surface area contributed by atoms with E-state index in [2.05, 4.69) is 5.32 Å². The number of rotatable bonds is 6. The summed E-state index contributed by atoms with van der Waals surface area (Å²) in [5, 5.41) is 13.1. The lowest BCUT2D eigenvalue weighted by atomic mass is 10.1. The van der Waals surface area contributed by atoms with E-state index in [9.17, 15) is 14.4 Å². The fraction of sp³-hybridized carbons (Fsp3) is 0.0833. The van der Waals surface area contributed by atoms with Crippen LogP contribution in [0.25, 0.3) is 17.0 Å². The summed E-state index contributed by atoms with van der Waals surface area (Å²) in [4.78, 5) is 12.5. The quantitative estimate of drug-likeness (QED) is 0.379. The van der Waals surface area contributed by atoms with Crippen LogP contribution in [0.2, 0.25) is 0 Å². The van der Waals surface area contributed by atoms with Gasteiger partial charge in [0.25, 0.3) is 5.91 Å². The van der Waals surface area contributed by atoms with Crippen molar-refractivity contribution < 1.29 is 13.6 Å². The van der Waals surface area contributed by atoms with Gasteiger partial charge in [-0.25, -0.2) is 4.39 Å². The van der Waals surface area contributed by atoms with Gasteiger partial charge in [-0.1, -0.05) is 30.3 Å². The minimum absolute atomic E-state index is 0.00578. The second-order valence-electron chi connectivity index (χ2n) is 6.79. The molecule has 6 heteroatoms. The van der Waals surface area contributed by atoms with Gasteiger partial charge in [0.15, 0.2) is 0 Å². The summed E-state index contributed by atoms with van der Waals surface area (Å²) in [6.45, 7) is 0.748.